The third-order valence-corrected chi connectivity index (χ3v) is 10.7. The Morgan fingerprint density at radius 2 is 1.75 bits per heavy atom. The van der Waals surface area contributed by atoms with E-state index in [-0.39, 0.29) is 27.8 Å². The van der Waals surface area contributed by atoms with Crippen molar-refractivity contribution < 1.29 is 9.90 Å². The third kappa shape index (κ3) is 2.61. The second-order valence-electron chi connectivity index (χ2n) is 12.4. The average Bonchev–Trinajstić information content (AvgIpc) is 2.73. The maximum atomic E-state index is 12.5. The highest BCUT2D eigenvalue weighted by Gasteiger charge is 2.61. The zero-order valence-corrected chi connectivity index (χ0v) is 20.3. The molecular weight excluding hydrogens is 396 g/mol. The summed E-state index contributed by atoms with van der Waals surface area (Å²) in [6, 6.07) is 0. The molecule has 0 aliphatic heterocycles. The molecule has 0 heterocycles. The van der Waals surface area contributed by atoms with Crippen molar-refractivity contribution in [3.05, 3.63) is 46.3 Å². The summed E-state index contributed by atoms with van der Waals surface area (Å²) in [5.74, 6) is 1.11. The number of hydrogen-bond donors (Lipinski definition) is 3. The van der Waals surface area contributed by atoms with Gasteiger partial charge in [-0.05, 0) is 91.8 Å². The molecule has 0 aromatic carbocycles. The van der Waals surface area contributed by atoms with Gasteiger partial charge >= 0.3 is 0 Å². The molecule has 172 valence electrons. The van der Waals surface area contributed by atoms with Crippen molar-refractivity contribution in [2.75, 3.05) is 0 Å². The Hall–Kier alpha value is -2.10. The topological polar surface area (TPSA) is 87.2 Å². The summed E-state index contributed by atoms with van der Waals surface area (Å²) in [6.45, 7) is 11.3. The van der Waals surface area contributed by atoms with Crippen LogP contribution in [0.15, 0.2) is 46.3 Å². The first kappa shape index (κ1) is 21.7. The molecule has 0 amide bonds. The molecule has 0 aromatic rings. The number of amidine groups is 1. The van der Waals surface area contributed by atoms with Gasteiger partial charge in [0, 0.05) is 16.4 Å². The third-order valence-electron chi connectivity index (χ3n) is 10.7. The number of fused-ring (bicyclic) bond motifs is 7. The molecule has 6 atom stereocenters. The zero-order valence-electron chi connectivity index (χ0n) is 20.3. The molecule has 0 bridgehead atoms. The van der Waals surface area contributed by atoms with Crippen LogP contribution in [0.2, 0.25) is 0 Å². The Labute approximate surface area is 192 Å². The molecule has 5 rings (SSSR count). The van der Waals surface area contributed by atoms with E-state index in [4.69, 9.17) is 11.1 Å². The van der Waals surface area contributed by atoms with Crippen molar-refractivity contribution >= 4 is 11.6 Å². The number of nitrogens with one attached hydrogen (secondary N) is 1. The molecule has 4 heteroatoms. The normalized spacial score (nSPS) is 45.5. The van der Waals surface area contributed by atoms with Crippen LogP contribution in [0, 0.1) is 38.9 Å². The van der Waals surface area contributed by atoms with Gasteiger partial charge in [-0.15, -0.1) is 0 Å². The number of aliphatic hydroxyl groups is 1. The molecule has 5 unspecified atom stereocenters. The zero-order chi connectivity index (χ0) is 23.3. The number of hydrogen-bond acceptors (Lipinski definition) is 3. The predicted molar refractivity (Wildman–Crippen MR) is 128 cm³/mol. The highest BCUT2D eigenvalue weighted by atomic mass is 16.3. The first-order valence-electron chi connectivity index (χ1n) is 12.3. The van der Waals surface area contributed by atoms with E-state index in [2.05, 4.69) is 39.8 Å². The largest absolute Gasteiger partial charge is 0.504 e. The van der Waals surface area contributed by atoms with Gasteiger partial charge in [-0.2, -0.15) is 0 Å². The van der Waals surface area contributed by atoms with Gasteiger partial charge in [0.2, 0.25) is 5.78 Å². The first-order chi connectivity index (χ1) is 14.9. The first-order valence-corrected chi connectivity index (χ1v) is 12.3. The van der Waals surface area contributed by atoms with Crippen molar-refractivity contribution in [1.29, 1.82) is 5.41 Å². The monoisotopic (exact) mass is 434 g/mol. The highest BCUT2D eigenvalue weighted by molar-refractivity contribution is 6.06. The van der Waals surface area contributed by atoms with E-state index in [0.29, 0.717) is 28.7 Å². The molecule has 5 aliphatic carbocycles. The Kier molecular flexibility index (Phi) is 4.40. The van der Waals surface area contributed by atoms with Crippen LogP contribution in [0.5, 0.6) is 0 Å². The number of rotatable bonds is 1. The van der Waals surface area contributed by atoms with E-state index in [1.165, 1.54) is 18.4 Å². The number of allylic oxidation sites excluding steroid dienone is 7. The molecule has 3 fully saturated rings. The summed E-state index contributed by atoms with van der Waals surface area (Å²) >= 11 is 0. The van der Waals surface area contributed by atoms with E-state index in [9.17, 15) is 9.90 Å². The molecule has 4 nitrogen and oxygen atoms in total. The lowest BCUT2D eigenvalue weighted by atomic mass is 9.39. The summed E-state index contributed by atoms with van der Waals surface area (Å²) in [6.07, 6.45) is 13.9. The second kappa shape index (κ2) is 6.48. The lowest BCUT2D eigenvalue weighted by molar-refractivity contribution is -0.114. The van der Waals surface area contributed by atoms with Gasteiger partial charge in [-0.3, -0.25) is 10.2 Å². The van der Waals surface area contributed by atoms with E-state index in [1.54, 1.807) is 6.08 Å². The van der Waals surface area contributed by atoms with E-state index >= 15 is 0 Å². The van der Waals surface area contributed by atoms with Crippen LogP contribution in [-0.2, 0) is 4.79 Å². The van der Waals surface area contributed by atoms with Crippen LogP contribution in [0.3, 0.4) is 0 Å². The minimum atomic E-state index is -0.259. The Morgan fingerprint density at radius 1 is 1.06 bits per heavy atom. The van der Waals surface area contributed by atoms with Crippen molar-refractivity contribution in [1.82, 2.24) is 0 Å². The van der Waals surface area contributed by atoms with Crippen LogP contribution < -0.4 is 5.73 Å². The molecule has 0 radical (unpaired) electrons. The quantitative estimate of drug-likeness (QED) is 0.341. The van der Waals surface area contributed by atoms with Crippen molar-refractivity contribution in [3.8, 4) is 0 Å². The Balaban J connectivity index is 1.60. The molecular formula is C28H38N2O2. The lowest BCUT2D eigenvalue weighted by Crippen LogP contribution is -2.57. The van der Waals surface area contributed by atoms with Gasteiger partial charge < -0.3 is 10.8 Å². The van der Waals surface area contributed by atoms with Crippen LogP contribution >= 0.6 is 0 Å². The lowest BCUT2D eigenvalue weighted by Gasteiger charge is -2.65. The number of carbonyl (C=O) groups excluding carboxylic acids is 1. The smallest absolute Gasteiger partial charge is 0.220 e. The summed E-state index contributed by atoms with van der Waals surface area (Å²) in [4.78, 5) is 12.5. The van der Waals surface area contributed by atoms with E-state index < -0.39 is 0 Å². The highest BCUT2D eigenvalue weighted by Crippen LogP contribution is 2.70. The van der Waals surface area contributed by atoms with Gasteiger partial charge in [0.05, 0.1) is 5.84 Å². The van der Waals surface area contributed by atoms with Crippen molar-refractivity contribution in [2.24, 2.45) is 39.2 Å². The maximum absolute atomic E-state index is 12.5. The molecule has 32 heavy (non-hydrogen) atoms. The SMILES string of the molecule is CC1=C(O)C(=O)C=C2C1=CC=C1C2(C)CCC2C3C[C@](C)(C(=N)N)CCC3(C)CCC12C. The standard InChI is InChI=1S/C28H38N2O2/c1-16-17-6-7-22-27(4,19(17)14-21(31)23(16)32)9-8-18-20-15-26(3,24(29)30)11-10-25(20,2)12-13-28(18,22)5/h6-7,14,18,20,32H,8-13,15H2,1-5H3,(H3,29,30)/t18?,20?,25?,26-,27?,28?/m1/s1. The summed E-state index contributed by atoms with van der Waals surface area (Å²) in [5, 5.41) is 18.5. The number of aliphatic hydroxyl groups excluding tert-OH is 1. The second-order valence-corrected chi connectivity index (χ2v) is 12.4. The summed E-state index contributed by atoms with van der Waals surface area (Å²) in [7, 11) is 0. The molecule has 3 saturated carbocycles. The Morgan fingerprint density at radius 3 is 2.44 bits per heavy atom. The molecule has 0 saturated heterocycles. The van der Waals surface area contributed by atoms with Gasteiger partial charge in [0.25, 0.3) is 0 Å². The molecule has 4 N–H and O–H groups in total. The van der Waals surface area contributed by atoms with E-state index in [1.807, 2.05) is 6.92 Å². The van der Waals surface area contributed by atoms with Gasteiger partial charge in [-0.1, -0.05) is 45.4 Å². The maximum Gasteiger partial charge on any atom is 0.220 e. The van der Waals surface area contributed by atoms with Gasteiger partial charge in [0.15, 0.2) is 5.76 Å². The summed E-state index contributed by atoms with van der Waals surface area (Å²) in [5.41, 5.74) is 10.5. The predicted octanol–water partition coefficient (Wildman–Crippen LogP) is 6.16. The van der Waals surface area contributed by atoms with Crippen molar-refractivity contribution in [3.63, 3.8) is 0 Å². The average molecular weight is 435 g/mol. The number of carbonyl (C=O) groups is 1. The number of nitrogens with two attached hydrogens (primary N) is 1. The van der Waals surface area contributed by atoms with Crippen LogP contribution in [0.1, 0.15) is 79.6 Å². The fourth-order valence-electron chi connectivity index (χ4n) is 8.29. The van der Waals surface area contributed by atoms with Crippen molar-refractivity contribution in [2.45, 2.75) is 79.6 Å². The molecule has 0 spiro atoms. The number of ketones is 1. The van der Waals surface area contributed by atoms with E-state index in [0.717, 1.165) is 43.3 Å². The minimum absolute atomic E-state index is 0.0786. The molecule has 5 aliphatic rings. The fourth-order valence-corrected chi connectivity index (χ4v) is 8.29. The van der Waals surface area contributed by atoms with Gasteiger partial charge in [0.1, 0.15) is 0 Å². The minimum Gasteiger partial charge on any atom is -0.504 e. The van der Waals surface area contributed by atoms with Crippen LogP contribution in [0.4, 0.5) is 0 Å². The summed E-state index contributed by atoms with van der Waals surface area (Å²) < 4.78 is 0. The fraction of sp³-hybridized carbons (Fsp3) is 0.643. The Bertz CT molecular complexity index is 1060. The van der Waals surface area contributed by atoms with Crippen LogP contribution in [-0.4, -0.2) is 16.7 Å². The molecule has 0 aromatic heterocycles. The van der Waals surface area contributed by atoms with Gasteiger partial charge in [-0.25, -0.2) is 0 Å². The van der Waals surface area contributed by atoms with Crippen LogP contribution in [0.25, 0.3) is 0 Å².